The van der Waals surface area contributed by atoms with Gasteiger partial charge >= 0.3 is 5.69 Å². The van der Waals surface area contributed by atoms with Crippen molar-refractivity contribution in [1.82, 2.24) is 4.98 Å². The molecule has 0 unspecified atom stereocenters. The van der Waals surface area contributed by atoms with Gasteiger partial charge in [0.15, 0.2) is 0 Å². The molecule has 0 saturated carbocycles. The van der Waals surface area contributed by atoms with Gasteiger partial charge in [-0.1, -0.05) is 26.5 Å². The summed E-state index contributed by atoms with van der Waals surface area (Å²) in [6.45, 7) is 11.3. The van der Waals surface area contributed by atoms with E-state index in [2.05, 4.69) is 18.1 Å². The molecule has 0 atom stereocenters. The van der Waals surface area contributed by atoms with Crippen LogP contribution in [0.4, 0.5) is 5.69 Å². The largest absolute Gasteiger partial charge is 0.302 e. The molecule has 0 saturated heterocycles. The summed E-state index contributed by atoms with van der Waals surface area (Å²) in [6.07, 6.45) is 3.20. The van der Waals surface area contributed by atoms with Crippen LogP contribution in [-0.4, -0.2) is 9.91 Å². The summed E-state index contributed by atoms with van der Waals surface area (Å²) in [5, 5.41) is 11.1. The molecule has 1 aromatic heterocycles. The second-order valence-electron chi connectivity index (χ2n) is 3.95. The van der Waals surface area contributed by atoms with E-state index in [1.807, 2.05) is 6.92 Å². The zero-order valence-corrected chi connectivity index (χ0v) is 10.2. The average molecular weight is 232 g/mol. The van der Waals surface area contributed by atoms with Gasteiger partial charge in [-0.3, -0.25) is 10.1 Å². The normalized spacial score (nSPS) is 10.0. The van der Waals surface area contributed by atoms with Gasteiger partial charge in [-0.2, -0.15) is 0 Å². The SMILES string of the molecule is C=C(CCC)c1ccnc(C(=C)C)c1[N+](=O)[O-]. The van der Waals surface area contributed by atoms with E-state index in [4.69, 9.17) is 0 Å². The van der Waals surface area contributed by atoms with Crippen LogP contribution in [0.1, 0.15) is 37.9 Å². The first-order valence-corrected chi connectivity index (χ1v) is 5.46. The Bertz CT molecular complexity index is 478. The van der Waals surface area contributed by atoms with Crippen molar-refractivity contribution in [3.05, 3.63) is 46.8 Å². The standard InChI is InChI=1S/C13H16N2O2/c1-5-6-10(4)11-7-8-14-12(9(2)3)13(11)15(16)17/h7-8H,2,4-6H2,1,3H3. The van der Waals surface area contributed by atoms with E-state index in [0.29, 0.717) is 16.8 Å². The molecule has 90 valence electrons. The molecule has 1 aromatic rings. The number of hydrogen-bond acceptors (Lipinski definition) is 3. The van der Waals surface area contributed by atoms with E-state index in [-0.39, 0.29) is 5.69 Å². The molecular formula is C13H16N2O2. The molecule has 4 heteroatoms. The number of nitrogens with zero attached hydrogens (tertiary/aromatic N) is 2. The molecule has 0 fully saturated rings. The van der Waals surface area contributed by atoms with Gasteiger partial charge in [-0.25, -0.2) is 4.98 Å². The Morgan fingerprint density at radius 3 is 2.65 bits per heavy atom. The fourth-order valence-corrected chi connectivity index (χ4v) is 1.67. The Morgan fingerprint density at radius 1 is 1.53 bits per heavy atom. The van der Waals surface area contributed by atoms with Crippen LogP contribution in [0.5, 0.6) is 0 Å². The summed E-state index contributed by atoms with van der Waals surface area (Å²) < 4.78 is 0. The minimum Gasteiger partial charge on any atom is -0.258 e. The van der Waals surface area contributed by atoms with Gasteiger partial charge in [0.2, 0.25) is 0 Å². The monoisotopic (exact) mass is 232 g/mol. The molecule has 0 aliphatic carbocycles. The molecule has 0 spiro atoms. The van der Waals surface area contributed by atoms with Gasteiger partial charge in [0, 0.05) is 6.20 Å². The van der Waals surface area contributed by atoms with E-state index >= 15 is 0 Å². The topological polar surface area (TPSA) is 56.0 Å². The lowest BCUT2D eigenvalue weighted by Gasteiger charge is -2.08. The lowest BCUT2D eigenvalue weighted by atomic mass is 10.00. The number of nitro groups is 1. The van der Waals surface area contributed by atoms with Crippen molar-refractivity contribution >= 4 is 16.8 Å². The van der Waals surface area contributed by atoms with Gasteiger partial charge < -0.3 is 0 Å². The van der Waals surface area contributed by atoms with Crippen molar-refractivity contribution in [1.29, 1.82) is 0 Å². The Morgan fingerprint density at radius 2 is 2.18 bits per heavy atom. The Kier molecular flexibility index (Phi) is 4.15. The van der Waals surface area contributed by atoms with E-state index in [9.17, 15) is 10.1 Å². The predicted molar refractivity (Wildman–Crippen MR) is 69.5 cm³/mol. The second kappa shape index (κ2) is 5.39. The summed E-state index contributed by atoms with van der Waals surface area (Å²) >= 11 is 0. The number of pyridine rings is 1. The first-order chi connectivity index (χ1) is 7.99. The van der Waals surface area contributed by atoms with Crippen LogP contribution >= 0.6 is 0 Å². The highest BCUT2D eigenvalue weighted by Gasteiger charge is 2.22. The maximum Gasteiger partial charge on any atom is 0.302 e. The maximum atomic E-state index is 11.1. The third-order valence-corrected chi connectivity index (χ3v) is 2.44. The Hall–Kier alpha value is -1.97. The molecule has 1 rings (SSSR count). The van der Waals surface area contributed by atoms with Crippen LogP contribution in [0.15, 0.2) is 25.4 Å². The molecule has 0 N–H and O–H groups in total. The van der Waals surface area contributed by atoms with Crippen LogP contribution in [0.25, 0.3) is 11.1 Å². The lowest BCUT2D eigenvalue weighted by Crippen LogP contribution is -2.01. The zero-order chi connectivity index (χ0) is 13.0. The Labute approximate surface area is 101 Å². The third-order valence-electron chi connectivity index (χ3n) is 2.44. The summed E-state index contributed by atoms with van der Waals surface area (Å²) in [4.78, 5) is 14.7. The van der Waals surface area contributed by atoms with Crippen LogP contribution in [0, 0.1) is 10.1 Å². The smallest absolute Gasteiger partial charge is 0.258 e. The van der Waals surface area contributed by atoms with E-state index < -0.39 is 4.92 Å². The summed E-state index contributed by atoms with van der Waals surface area (Å²) in [5.74, 6) is 0. The van der Waals surface area contributed by atoms with Gasteiger partial charge in [-0.15, -0.1) is 0 Å². The van der Waals surface area contributed by atoms with E-state index in [0.717, 1.165) is 18.4 Å². The number of rotatable bonds is 5. The minimum absolute atomic E-state index is 0.0125. The van der Waals surface area contributed by atoms with Crippen LogP contribution in [0.3, 0.4) is 0 Å². The number of hydrogen-bond donors (Lipinski definition) is 0. The van der Waals surface area contributed by atoms with Crippen molar-refractivity contribution in [3.8, 4) is 0 Å². The first kappa shape index (κ1) is 13.1. The lowest BCUT2D eigenvalue weighted by molar-refractivity contribution is -0.385. The van der Waals surface area contributed by atoms with E-state index in [1.54, 1.807) is 19.2 Å². The highest BCUT2D eigenvalue weighted by molar-refractivity contribution is 5.78. The molecule has 0 amide bonds. The third kappa shape index (κ3) is 2.78. The van der Waals surface area contributed by atoms with Crippen LogP contribution < -0.4 is 0 Å². The predicted octanol–water partition coefficient (Wildman–Crippen LogP) is 3.84. The molecule has 0 aliphatic rings. The Balaban J connectivity index is 3.40. The highest BCUT2D eigenvalue weighted by atomic mass is 16.6. The first-order valence-electron chi connectivity index (χ1n) is 5.46. The van der Waals surface area contributed by atoms with Crippen LogP contribution in [0.2, 0.25) is 0 Å². The summed E-state index contributed by atoms with van der Waals surface area (Å²) in [7, 11) is 0. The summed E-state index contributed by atoms with van der Waals surface area (Å²) in [5.41, 5.74) is 2.26. The fraction of sp³-hybridized carbons (Fsp3) is 0.308. The molecule has 0 aliphatic heterocycles. The zero-order valence-electron chi connectivity index (χ0n) is 10.2. The molecule has 0 bridgehead atoms. The van der Waals surface area contributed by atoms with Crippen LogP contribution in [-0.2, 0) is 0 Å². The van der Waals surface area contributed by atoms with Gasteiger partial charge in [0.25, 0.3) is 0 Å². The molecular weight excluding hydrogens is 216 g/mol. The van der Waals surface area contributed by atoms with Gasteiger partial charge in [0.05, 0.1) is 10.5 Å². The maximum absolute atomic E-state index is 11.1. The number of allylic oxidation sites excluding steroid dienone is 2. The van der Waals surface area contributed by atoms with Crippen molar-refractivity contribution < 1.29 is 4.92 Å². The van der Waals surface area contributed by atoms with Gasteiger partial charge in [0.1, 0.15) is 5.69 Å². The van der Waals surface area contributed by atoms with E-state index in [1.165, 1.54) is 0 Å². The van der Waals surface area contributed by atoms with Crippen molar-refractivity contribution in [3.63, 3.8) is 0 Å². The fourth-order valence-electron chi connectivity index (χ4n) is 1.67. The molecule has 0 aromatic carbocycles. The molecule has 1 heterocycles. The van der Waals surface area contributed by atoms with Crippen molar-refractivity contribution in [2.45, 2.75) is 26.7 Å². The average Bonchev–Trinajstić information content (AvgIpc) is 2.28. The quantitative estimate of drug-likeness (QED) is 0.572. The van der Waals surface area contributed by atoms with Gasteiger partial charge in [-0.05, 0) is 30.6 Å². The van der Waals surface area contributed by atoms with Crippen molar-refractivity contribution in [2.75, 3.05) is 0 Å². The number of aromatic nitrogens is 1. The molecule has 0 radical (unpaired) electrons. The highest BCUT2D eigenvalue weighted by Crippen LogP contribution is 2.32. The second-order valence-corrected chi connectivity index (χ2v) is 3.95. The van der Waals surface area contributed by atoms with Crippen molar-refractivity contribution in [2.24, 2.45) is 0 Å². The molecule has 4 nitrogen and oxygen atoms in total. The summed E-state index contributed by atoms with van der Waals surface area (Å²) in [6, 6.07) is 1.64. The molecule has 17 heavy (non-hydrogen) atoms. The minimum atomic E-state index is -0.410.